The number of aromatic carboxylic acids is 1. The molecule has 64 valence electrons. The Morgan fingerprint density at radius 2 is 1.62 bits per heavy atom. The third kappa shape index (κ3) is 3.90. The SMILES string of the molecule is O=C(O)c1ccc(B(O)O)cc1.[KH]. The van der Waals surface area contributed by atoms with Crippen LogP contribution in [-0.2, 0) is 0 Å². The second-order valence-electron chi connectivity index (χ2n) is 2.30. The van der Waals surface area contributed by atoms with Crippen molar-refractivity contribution in [3.05, 3.63) is 29.8 Å². The molecule has 0 fully saturated rings. The van der Waals surface area contributed by atoms with Crippen molar-refractivity contribution in [1.82, 2.24) is 0 Å². The summed E-state index contributed by atoms with van der Waals surface area (Å²) >= 11 is 0. The maximum absolute atomic E-state index is 10.4. The zero-order chi connectivity index (χ0) is 9.14. The van der Waals surface area contributed by atoms with E-state index in [1.165, 1.54) is 24.3 Å². The zero-order valence-electron chi connectivity index (χ0n) is 6.14. The number of carboxylic acid groups (broad SMARTS) is 1. The summed E-state index contributed by atoms with van der Waals surface area (Å²) in [6.45, 7) is 0. The first kappa shape index (κ1) is 13.3. The molecule has 13 heavy (non-hydrogen) atoms. The molecule has 3 N–H and O–H groups in total. The van der Waals surface area contributed by atoms with E-state index in [2.05, 4.69) is 0 Å². The Morgan fingerprint density at radius 1 is 1.15 bits per heavy atom. The van der Waals surface area contributed by atoms with E-state index in [0.717, 1.165) is 0 Å². The topological polar surface area (TPSA) is 77.8 Å². The summed E-state index contributed by atoms with van der Waals surface area (Å²) in [7, 11) is -1.55. The van der Waals surface area contributed by atoms with E-state index in [-0.39, 0.29) is 62.4 Å². The van der Waals surface area contributed by atoms with Crippen molar-refractivity contribution in [2.45, 2.75) is 0 Å². The van der Waals surface area contributed by atoms with Gasteiger partial charge in [0.1, 0.15) is 0 Å². The molecule has 0 saturated heterocycles. The summed E-state index contributed by atoms with van der Waals surface area (Å²) in [6.07, 6.45) is 0. The van der Waals surface area contributed by atoms with Gasteiger partial charge in [-0.2, -0.15) is 0 Å². The summed E-state index contributed by atoms with van der Waals surface area (Å²) in [5.41, 5.74) is 0.402. The molecule has 0 aliphatic heterocycles. The minimum atomic E-state index is -1.55. The summed E-state index contributed by atoms with van der Waals surface area (Å²) in [5.74, 6) is -1.03. The first-order valence-electron chi connectivity index (χ1n) is 3.30. The molecule has 0 amide bonds. The molecule has 0 spiro atoms. The quantitative estimate of drug-likeness (QED) is 0.510. The summed E-state index contributed by atoms with van der Waals surface area (Å²) < 4.78 is 0. The summed E-state index contributed by atoms with van der Waals surface area (Å²) in [6, 6.07) is 5.34. The monoisotopic (exact) mass is 206 g/mol. The van der Waals surface area contributed by atoms with E-state index >= 15 is 0 Å². The third-order valence-corrected chi connectivity index (χ3v) is 1.46. The molecule has 1 rings (SSSR count). The van der Waals surface area contributed by atoms with E-state index in [1.54, 1.807) is 0 Å². The van der Waals surface area contributed by atoms with Gasteiger partial charge in [0, 0.05) is 0 Å². The van der Waals surface area contributed by atoms with Crippen LogP contribution in [0, 0.1) is 0 Å². The third-order valence-electron chi connectivity index (χ3n) is 1.46. The van der Waals surface area contributed by atoms with E-state index in [9.17, 15) is 4.79 Å². The Balaban J connectivity index is 0.00000144. The van der Waals surface area contributed by atoms with Gasteiger partial charge in [-0.25, -0.2) is 4.79 Å². The Morgan fingerprint density at radius 3 is 1.92 bits per heavy atom. The van der Waals surface area contributed by atoms with Crippen molar-refractivity contribution in [3.63, 3.8) is 0 Å². The molecule has 0 atom stereocenters. The molecule has 4 nitrogen and oxygen atoms in total. The van der Waals surface area contributed by atoms with Crippen molar-refractivity contribution in [3.8, 4) is 0 Å². The molecule has 1 aromatic carbocycles. The molecule has 0 saturated carbocycles. The predicted octanol–water partition coefficient (Wildman–Crippen LogP) is -1.58. The number of benzene rings is 1. The summed E-state index contributed by atoms with van der Waals surface area (Å²) in [5, 5.41) is 25.8. The average molecular weight is 206 g/mol. The van der Waals surface area contributed by atoms with Crippen molar-refractivity contribution in [2.75, 3.05) is 0 Å². The van der Waals surface area contributed by atoms with Crippen molar-refractivity contribution in [2.24, 2.45) is 0 Å². The van der Waals surface area contributed by atoms with Crippen LogP contribution in [0.3, 0.4) is 0 Å². The first-order chi connectivity index (χ1) is 5.61. The fourth-order valence-electron chi connectivity index (χ4n) is 0.798. The number of hydrogen-bond donors (Lipinski definition) is 3. The Kier molecular flexibility index (Phi) is 6.06. The molecular weight excluding hydrogens is 198 g/mol. The number of carbonyl (C=O) groups is 1. The Bertz CT molecular complexity index is 285. The van der Waals surface area contributed by atoms with Gasteiger partial charge in [-0.3, -0.25) is 0 Å². The van der Waals surface area contributed by atoms with Gasteiger partial charge in [0.25, 0.3) is 0 Å². The molecule has 0 aromatic heterocycles. The van der Waals surface area contributed by atoms with Crippen LogP contribution < -0.4 is 5.46 Å². The van der Waals surface area contributed by atoms with E-state index < -0.39 is 13.1 Å². The van der Waals surface area contributed by atoms with Crippen LogP contribution in [0.15, 0.2) is 24.3 Å². The van der Waals surface area contributed by atoms with Crippen molar-refractivity contribution < 1.29 is 19.9 Å². The van der Waals surface area contributed by atoms with Crippen molar-refractivity contribution >= 4 is 69.9 Å². The number of carboxylic acids is 1. The molecular formula is C7H8BKO4. The average Bonchev–Trinajstić information content (AvgIpc) is 2.04. The minimum absolute atomic E-state index is 0. The van der Waals surface area contributed by atoms with Gasteiger partial charge in [0.05, 0.1) is 5.56 Å². The van der Waals surface area contributed by atoms with Gasteiger partial charge in [0.2, 0.25) is 0 Å². The standard InChI is InChI=1S/C7H7BO4.K.H/c9-7(10)5-1-3-6(4-2-5)8(11)12;;/h1-4,11-12H,(H,9,10);;. The number of hydrogen-bond acceptors (Lipinski definition) is 3. The fourth-order valence-corrected chi connectivity index (χ4v) is 0.798. The van der Waals surface area contributed by atoms with E-state index in [1.807, 2.05) is 0 Å². The molecule has 0 aliphatic carbocycles. The molecule has 6 heteroatoms. The number of rotatable bonds is 2. The van der Waals surface area contributed by atoms with Crippen LogP contribution in [0.5, 0.6) is 0 Å². The van der Waals surface area contributed by atoms with Gasteiger partial charge in [-0.05, 0) is 17.6 Å². The van der Waals surface area contributed by atoms with Crippen LogP contribution >= 0.6 is 0 Å². The first-order valence-corrected chi connectivity index (χ1v) is 3.30. The maximum atomic E-state index is 10.4. The molecule has 1 aromatic rings. The van der Waals surface area contributed by atoms with Gasteiger partial charge in [-0.15, -0.1) is 0 Å². The molecule has 0 aliphatic rings. The Hall–Kier alpha value is 0.311. The second-order valence-corrected chi connectivity index (χ2v) is 2.30. The van der Waals surface area contributed by atoms with Gasteiger partial charge in [-0.1, -0.05) is 12.1 Å². The summed E-state index contributed by atoms with van der Waals surface area (Å²) in [4.78, 5) is 10.4. The molecule has 0 radical (unpaired) electrons. The second kappa shape index (κ2) is 5.92. The van der Waals surface area contributed by atoms with E-state index in [0.29, 0.717) is 0 Å². The van der Waals surface area contributed by atoms with Crippen LogP contribution in [-0.4, -0.2) is 79.6 Å². The van der Waals surface area contributed by atoms with Gasteiger partial charge in [0.15, 0.2) is 0 Å². The molecule has 0 heterocycles. The van der Waals surface area contributed by atoms with Crippen LogP contribution in [0.25, 0.3) is 0 Å². The fraction of sp³-hybridized carbons (Fsp3) is 0. The zero-order valence-corrected chi connectivity index (χ0v) is 6.14. The van der Waals surface area contributed by atoms with Crippen molar-refractivity contribution in [1.29, 1.82) is 0 Å². The predicted molar refractivity (Wildman–Crippen MR) is 50.4 cm³/mol. The molecule has 0 bridgehead atoms. The molecule has 0 unspecified atom stereocenters. The van der Waals surface area contributed by atoms with Crippen LogP contribution in [0.1, 0.15) is 10.4 Å². The van der Waals surface area contributed by atoms with Crippen LogP contribution in [0.2, 0.25) is 0 Å². The normalized spacial score (nSPS) is 8.77. The van der Waals surface area contributed by atoms with Crippen LogP contribution in [0.4, 0.5) is 0 Å². The van der Waals surface area contributed by atoms with Gasteiger partial charge < -0.3 is 15.2 Å². The van der Waals surface area contributed by atoms with E-state index in [4.69, 9.17) is 15.2 Å². The van der Waals surface area contributed by atoms with Gasteiger partial charge >= 0.3 is 64.5 Å². The Labute approximate surface area is 118 Å².